The van der Waals surface area contributed by atoms with E-state index in [1.165, 1.54) is 25.3 Å². The molecule has 7 heteroatoms. The molecular weight excluding hydrogens is 230 g/mol. The van der Waals surface area contributed by atoms with E-state index in [1.54, 1.807) is 0 Å². The average Bonchev–Trinajstić information content (AvgIpc) is 2.77. The quantitative estimate of drug-likeness (QED) is 0.465. The average molecular weight is 241 g/mol. The zero-order valence-corrected chi connectivity index (χ0v) is 9.03. The van der Waals surface area contributed by atoms with Gasteiger partial charge in [0.25, 0.3) is 5.70 Å². The van der Waals surface area contributed by atoms with Crippen LogP contribution >= 0.6 is 0 Å². The summed E-state index contributed by atoms with van der Waals surface area (Å²) in [5.74, 6) is -0.901. The molecule has 0 amide bonds. The molecule has 0 aliphatic rings. The number of rotatable bonds is 5. The van der Waals surface area contributed by atoms with Gasteiger partial charge < -0.3 is 14.3 Å². The van der Waals surface area contributed by atoms with Crippen LogP contribution in [0.2, 0.25) is 0 Å². The molecule has 92 valence electrons. The second-order valence-electron chi connectivity index (χ2n) is 3.00. The number of aliphatic hydroxyl groups is 1. The highest BCUT2D eigenvalue weighted by Crippen LogP contribution is 2.12. The lowest BCUT2D eigenvalue weighted by atomic mass is 10.2. The van der Waals surface area contributed by atoms with Crippen molar-refractivity contribution in [3.05, 3.63) is 40.0 Å². The largest absolute Gasteiger partial charge is 0.465 e. The Morgan fingerprint density at radius 3 is 2.94 bits per heavy atom. The standard InChI is InChI=1S/C10H11NO6/c1-2-16-10(13)9(12)8(11(14)15)6-7-4-3-5-17-7/h3-6,9,12H,2H2,1H3/b8-6+. The second kappa shape index (κ2) is 5.80. The molecule has 0 saturated heterocycles. The van der Waals surface area contributed by atoms with Gasteiger partial charge in [-0.15, -0.1) is 0 Å². The fourth-order valence-corrected chi connectivity index (χ4v) is 1.09. The van der Waals surface area contributed by atoms with Gasteiger partial charge >= 0.3 is 5.97 Å². The van der Waals surface area contributed by atoms with Crippen LogP contribution in [0.5, 0.6) is 0 Å². The lowest BCUT2D eigenvalue weighted by Gasteiger charge is -2.06. The number of aliphatic hydroxyl groups excluding tert-OH is 1. The van der Waals surface area contributed by atoms with Gasteiger partial charge in [0, 0.05) is 0 Å². The molecule has 1 aromatic heterocycles. The summed E-state index contributed by atoms with van der Waals surface area (Å²) >= 11 is 0. The molecule has 0 saturated carbocycles. The Labute approximate surface area is 96.4 Å². The smallest absolute Gasteiger partial charge is 0.346 e. The lowest BCUT2D eigenvalue weighted by molar-refractivity contribution is -0.432. The number of nitro groups is 1. The van der Waals surface area contributed by atoms with Gasteiger partial charge in [-0.3, -0.25) is 10.1 Å². The predicted molar refractivity (Wildman–Crippen MR) is 56.3 cm³/mol. The van der Waals surface area contributed by atoms with E-state index in [0.717, 1.165) is 6.08 Å². The van der Waals surface area contributed by atoms with Gasteiger partial charge in [0.2, 0.25) is 6.10 Å². The van der Waals surface area contributed by atoms with Crippen molar-refractivity contribution in [2.24, 2.45) is 0 Å². The number of carbonyl (C=O) groups excluding carboxylic acids is 1. The van der Waals surface area contributed by atoms with Gasteiger partial charge in [-0.2, -0.15) is 0 Å². The van der Waals surface area contributed by atoms with E-state index in [9.17, 15) is 20.0 Å². The molecule has 0 spiro atoms. The van der Waals surface area contributed by atoms with Gasteiger partial charge in [0.05, 0.1) is 23.9 Å². The van der Waals surface area contributed by atoms with E-state index in [0.29, 0.717) is 0 Å². The Kier molecular flexibility index (Phi) is 4.41. The highest BCUT2D eigenvalue weighted by Gasteiger charge is 2.31. The molecule has 1 atom stereocenters. The third-order valence-electron chi connectivity index (χ3n) is 1.83. The van der Waals surface area contributed by atoms with Crippen LogP contribution in [0.4, 0.5) is 0 Å². The number of carbonyl (C=O) groups is 1. The Hall–Kier alpha value is -2.15. The van der Waals surface area contributed by atoms with E-state index in [4.69, 9.17) is 4.42 Å². The fourth-order valence-electron chi connectivity index (χ4n) is 1.09. The number of nitrogens with zero attached hydrogens (tertiary/aromatic N) is 1. The molecule has 1 unspecified atom stereocenters. The van der Waals surface area contributed by atoms with Gasteiger partial charge in [-0.1, -0.05) is 0 Å². The SMILES string of the molecule is CCOC(=O)C(O)/C(=C\c1ccco1)[N+](=O)[O-]. The molecule has 0 bridgehead atoms. The second-order valence-corrected chi connectivity index (χ2v) is 3.00. The van der Waals surface area contributed by atoms with Gasteiger partial charge in [-0.25, -0.2) is 4.79 Å². The molecule has 0 fully saturated rings. The van der Waals surface area contributed by atoms with Crippen LogP contribution in [0.15, 0.2) is 28.5 Å². The van der Waals surface area contributed by atoms with E-state index < -0.39 is 22.7 Å². The number of furan rings is 1. The normalized spacial score (nSPS) is 13.2. The predicted octanol–water partition coefficient (Wildman–Crippen LogP) is 0.821. The maximum absolute atomic E-state index is 11.2. The van der Waals surface area contributed by atoms with Crippen molar-refractivity contribution in [1.82, 2.24) is 0 Å². The summed E-state index contributed by atoms with van der Waals surface area (Å²) in [6.07, 6.45) is 0.358. The zero-order valence-electron chi connectivity index (χ0n) is 9.03. The van der Waals surface area contributed by atoms with Crippen LogP contribution in [-0.2, 0) is 9.53 Å². The summed E-state index contributed by atoms with van der Waals surface area (Å²) in [6, 6.07) is 2.99. The Bertz CT molecular complexity index is 422. The lowest BCUT2D eigenvalue weighted by Crippen LogP contribution is -2.28. The van der Waals surface area contributed by atoms with Gasteiger partial charge in [0.1, 0.15) is 5.76 Å². The Morgan fingerprint density at radius 1 is 1.76 bits per heavy atom. The molecule has 1 aromatic rings. The summed E-state index contributed by atoms with van der Waals surface area (Å²) in [5.41, 5.74) is -0.696. The van der Waals surface area contributed by atoms with E-state index in [2.05, 4.69) is 4.74 Å². The van der Waals surface area contributed by atoms with Crippen molar-refractivity contribution in [3.8, 4) is 0 Å². The first-order chi connectivity index (χ1) is 8.06. The number of esters is 1. The Balaban J connectivity index is 2.94. The van der Waals surface area contributed by atoms with Gasteiger partial charge in [-0.05, 0) is 19.1 Å². The van der Waals surface area contributed by atoms with Crippen LogP contribution in [0.1, 0.15) is 12.7 Å². The maximum Gasteiger partial charge on any atom is 0.346 e. The fraction of sp³-hybridized carbons (Fsp3) is 0.300. The van der Waals surface area contributed by atoms with Crippen molar-refractivity contribution in [2.45, 2.75) is 13.0 Å². The molecule has 7 nitrogen and oxygen atoms in total. The van der Waals surface area contributed by atoms with Crippen LogP contribution < -0.4 is 0 Å². The zero-order chi connectivity index (χ0) is 12.8. The minimum absolute atomic E-state index is 0.0294. The molecule has 0 aliphatic heterocycles. The highest BCUT2D eigenvalue weighted by molar-refractivity contribution is 5.78. The van der Waals surface area contributed by atoms with Crippen LogP contribution in [0.3, 0.4) is 0 Å². The maximum atomic E-state index is 11.2. The summed E-state index contributed by atoms with van der Waals surface area (Å²) in [7, 11) is 0. The van der Waals surface area contributed by atoms with Gasteiger partial charge in [0.15, 0.2) is 0 Å². The van der Waals surface area contributed by atoms with E-state index in [-0.39, 0.29) is 12.4 Å². The molecule has 17 heavy (non-hydrogen) atoms. The summed E-state index contributed by atoms with van der Waals surface area (Å²) in [6.45, 7) is 1.56. The van der Waals surface area contributed by atoms with Crippen LogP contribution in [0, 0.1) is 10.1 Å². The third-order valence-corrected chi connectivity index (χ3v) is 1.83. The molecule has 0 radical (unpaired) electrons. The summed E-state index contributed by atoms with van der Waals surface area (Å²) in [4.78, 5) is 21.0. The molecular formula is C10H11NO6. The van der Waals surface area contributed by atoms with E-state index >= 15 is 0 Å². The molecule has 1 N–H and O–H groups in total. The minimum Gasteiger partial charge on any atom is -0.465 e. The molecule has 1 heterocycles. The number of hydrogen-bond acceptors (Lipinski definition) is 6. The van der Waals surface area contributed by atoms with Crippen molar-refractivity contribution in [2.75, 3.05) is 6.61 Å². The first kappa shape index (κ1) is 12.9. The van der Waals surface area contributed by atoms with E-state index in [1.807, 2.05) is 0 Å². The minimum atomic E-state index is -1.94. The summed E-state index contributed by atoms with van der Waals surface area (Å²) in [5, 5.41) is 20.2. The first-order valence-electron chi connectivity index (χ1n) is 4.80. The van der Waals surface area contributed by atoms with Crippen molar-refractivity contribution < 1.29 is 24.0 Å². The van der Waals surface area contributed by atoms with Crippen molar-refractivity contribution in [3.63, 3.8) is 0 Å². The topological polar surface area (TPSA) is 103 Å². The monoisotopic (exact) mass is 241 g/mol. The highest BCUT2D eigenvalue weighted by atomic mass is 16.6. The molecule has 0 aromatic carbocycles. The first-order valence-corrected chi connectivity index (χ1v) is 4.80. The van der Waals surface area contributed by atoms with Crippen LogP contribution in [0.25, 0.3) is 6.08 Å². The van der Waals surface area contributed by atoms with Crippen molar-refractivity contribution >= 4 is 12.0 Å². The molecule has 0 aliphatic carbocycles. The third kappa shape index (κ3) is 3.42. The number of ether oxygens (including phenoxy) is 1. The number of hydrogen-bond donors (Lipinski definition) is 1. The van der Waals surface area contributed by atoms with Crippen molar-refractivity contribution in [1.29, 1.82) is 0 Å². The summed E-state index contributed by atoms with van der Waals surface area (Å²) < 4.78 is 9.35. The molecule has 1 rings (SSSR count). The Morgan fingerprint density at radius 2 is 2.47 bits per heavy atom. The van der Waals surface area contributed by atoms with Crippen LogP contribution in [-0.4, -0.2) is 28.7 Å².